The van der Waals surface area contributed by atoms with Gasteiger partial charge in [0, 0.05) is 18.7 Å². The minimum Gasteiger partial charge on any atom is -0.481 e. The predicted octanol–water partition coefficient (Wildman–Crippen LogP) is 0.711. The van der Waals surface area contributed by atoms with E-state index in [2.05, 4.69) is 31.4 Å². The Morgan fingerprint density at radius 2 is 1.97 bits per heavy atom. The summed E-state index contributed by atoms with van der Waals surface area (Å²) in [5, 5.41) is 8.75. The molecule has 0 fully saturated rings. The zero-order chi connectivity index (χ0) is 23.9. The molecule has 0 saturated carbocycles. The Hall–Kier alpha value is -0.194. The molecule has 0 aromatic rings. The summed E-state index contributed by atoms with van der Waals surface area (Å²) in [6.07, 6.45) is 2.17. The van der Waals surface area contributed by atoms with Crippen LogP contribution in [0.1, 0.15) is 41.0 Å². The molecular weight excluding hydrogens is 426 g/mol. The second-order valence-corrected chi connectivity index (χ2v) is 6.78. The number of carboxylic acid groups (broad SMARTS) is 1. The van der Waals surface area contributed by atoms with Gasteiger partial charge >= 0.3 is 57.4 Å². The first-order valence-corrected chi connectivity index (χ1v) is 10.2. The van der Waals surface area contributed by atoms with Gasteiger partial charge in [-0.2, -0.15) is 6.08 Å². The minimum atomic E-state index is -1.26. The third-order valence-electron chi connectivity index (χ3n) is 4.31. The molecule has 1 rings (SSSR count). The number of nitrogens with zero attached hydrogens (tertiary/aromatic N) is 2. The molecule has 0 saturated heterocycles. The van der Waals surface area contributed by atoms with Crippen LogP contribution in [-0.2, 0) is 14.3 Å². The van der Waals surface area contributed by atoms with Gasteiger partial charge in [0.25, 0.3) is 0 Å². The molecular formula is C23H39FKN2O4-. The van der Waals surface area contributed by atoms with Crippen LogP contribution in [0.2, 0.25) is 0 Å². The standard InChI is InChI=1S/C16H21FNO4.C5H12N.C2H6.K/c1-10-8-18(4)11(2)9-22-12(3)5-13(17)6-14(10)15(19)7-16(20)21;1-4-6(3)5-2;1-2;/h6,11-12H,1,7-9H2,2-4H3,(H,20,21);1,4-5H2,2-3H3;1-2H3;/q2*-1;;+1/b14-6+;;;. The van der Waals surface area contributed by atoms with E-state index in [-0.39, 0.29) is 63.0 Å². The largest absolute Gasteiger partial charge is 1.00 e. The van der Waals surface area contributed by atoms with Crippen molar-refractivity contribution in [3.63, 3.8) is 0 Å². The maximum Gasteiger partial charge on any atom is 1.00 e. The molecule has 1 N–H and O–H groups in total. The van der Waals surface area contributed by atoms with Crippen molar-refractivity contribution in [3.05, 3.63) is 42.6 Å². The van der Waals surface area contributed by atoms with Crippen LogP contribution in [-0.4, -0.2) is 79.1 Å². The van der Waals surface area contributed by atoms with E-state index in [4.69, 9.17) is 9.84 Å². The van der Waals surface area contributed by atoms with E-state index in [1.54, 1.807) is 6.92 Å². The third kappa shape index (κ3) is 17.0. The summed E-state index contributed by atoms with van der Waals surface area (Å²) in [6, 6.07) is 0.0259. The van der Waals surface area contributed by atoms with E-state index < -0.39 is 30.1 Å². The van der Waals surface area contributed by atoms with Crippen molar-refractivity contribution >= 4 is 11.8 Å². The van der Waals surface area contributed by atoms with Crippen molar-refractivity contribution in [2.75, 3.05) is 40.3 Å². The average Bonchev–Trinajstić information content (AvgIpc) is 2.71. The van der Waals surface area contributed by atoms with Crippen molar-refractivity contribution < 1.29 is 75.2 Å². The van der Waals surface area contributed by atoms with E-state index in [1.165, 1.54) is 0 Å². The minimum absolute atomic E-state index is 0. The van der Waals surface area contributed by atoms with Gasteiger partial charge in [-0.3, -0.25) is 14.5 Å². The first-order chi connectivity index (χ1) is 14.0. The average molecular weight is 466 g/mol. The van der Waals surface area contributed by atoms with Crippen LogP contribution < -0.4 is 51.4 Å². The second-order valence-electron chi connectivity index (χ2n) is 6.78. The molecule has 0 aromatic carbocycles. The van der Waals surface area contributed by atoms with Crippen LogP contribution in [0.5, 0.6) is 0 Å². The fraction of sp³-hybridized carbons (Fsp3) is 0.609. The maximum absolute atomic E-state index is 13.9. The molecule has 2 atom stereocenters. The molecule has 6 nitrogen and oxygen atoms in total. The Bertz CT molecular complexity index is 604. The van der Waals surface area contributed by atoms with Gasteiger partial charge in [-0.25, -0.2) is 10.5 Å². The van der Waals surface area contributed by atoms with Crippen LogP contribution in [0.3, 0.4) is 0 Å². The zero-order valence-corrected chi connectivity index (χ0v) is 23.7. The van der Waals surface area contributed by atoms with E-state index in [9.17, 15) is 14.0 Å². The molecule has 2 unspecified atom stereocenters. The van der Waals surface area contributed by atoms with Gasteiger partial charge in [0.05, 0.1) is 6.61 Å². The maximum atomic E-state index is 13.9. The number of hydrogen-bond donors (Lipinski definition) is 1. The third-order valence-corrected chi connectivity index (χ3v) is 4.31. The van der Waals surface area contributed by atoms with Crippen LogP contribution in [0.4, 0.5) is 4.39 Å². The Kier molecular flexibility index (Phi) is 23.3. The Balaban J connectivity index is -0.000000750. The van der Waals surface area contributed by atoms with Crippen LogP contribution in [0.25, 0.3) is 0 Å². The summed E-state index contributed by atoms with van der Waals surface area (Å²) in [5.41, 5.74) is 0.340. The van der Waals surface area contributed by atoms with Gasteiger partial charge in [0.1, 0.15) is 6.42 Å². The van der Waals surface area contributed by atoms with Gasteiger partial charge in [0.2, 0.25) is 0 Å². The number of hydrogen-bond acceptors (Lipinski definition) is 5. The van der Waals surface area contributed by atoms with E-state index >= 15 is 0 Å². The number of ether oxygens (including phenoxy) is 1. The summed E-state index contributed by atoms with van der Waals surface area (Å²) in [5.74, 6) is -2.71. The monoisotopic (exact) mass is 465 g/mol. The summed E-state index contributed by atoms with van der Waals surface area (Å²) in [7, 11) is 3.88. The smallest absolute Gasteiger partial charge is 0.481 e. The van der Waals surface area contributed by atoms with Crippen molar-refractivity contribution in [2.24, 2.45) is 0 Å². The molecule has 8 heteroatoms. The van der Waals surface area contributed by atoms with E-state index in [0.717, 1.165) is 19.2 Å². The van der Waals surface area contributed by atoms with Gasteiger partial charge in [-0.15, -0.1) is 6.54 Å². The number of ketones is 1. The zero-order valence-electron chi connectivity index (χ0n) is 20.6. The predicted molar refractivity (Wildman–Crippen MR) is 120 cm³/mol. The number of carbonyl (C=O) groups excluding carboxylic acids is 1. The topological polar surface area (TPSA) is 70.1 Å². The molecule has 1 aliphatic rings. The quantitative estimate of drug-likeness (QED) is 0.366. The molecule has 31 heavy (non-hydrogen) atoms. The van der Waals surface area contributed by atoms with E-state index in [1.807, 2.05) is 39.8 Å². The number of allylic oxidation sites excluding steroid dienone is 2. The van der Waals surface area contributed by atoms with Gasteiger partial charge < -0.3 is 21.7 Å². The van der Waals surface area contributed by atoms with Crippen molar-refractivity contribution in [2.45, 2.75) is 53.2 Å². The Morgan fingerprint density at radius 3 is 2.39 bits per heavy atom. The Labute approximate surface area is 231 Å². The molecule has 0 bridgehead atoms. The number of Topliss-reactive ketones (excluding diaryl/α,β-unsaturated/α-hetero) is 1. The molecule has 1 aliphatic heterocycles. The van der Waals surface area contributed by atoms with Gasteiger partial charge in [0.15, 0.2) is 5.78 Å². The molecule has 0 spiro atoms. The summed E-state index contributed by atoms with van der Waals surface area (Å²) in [6.45, 7) is 19.9. The molecule has 1 heterocycles. The SMILES string of the molecule is C=C1CN(C)C(C)COC(C)[C-]=C(F)/C=C\1C(=O)CC(=O)O.CC.[CH2-]CN(C)CC.[K+]. The number of carbonyl (C=O) groups is 2. The summed E-state index contributed by atoms with van der Waals surface area (Å²) >= 11 is 0. The van der Waals surface area contributed by atoms with Crippen molar-refractivity contribution in [3.8, 4) is 0 Å². The molecule has 174 valence electrons. The number of rotatable bonds is 5. The fourth-order valence-corrected chi connectivity index (χ4v) is 2.13. The number of likely N-dealkylation sites (N-methyl/N-ethyl adjacent to an activating group) is 1. The van der Waals surface area contributed by atoms with Crippen molar-refractivity contribution in [1.29, 1.82) is 0 Å². The number of carboxylic acids is 1. The van der Waals surface area contributed by atoms with Gasteiger partial charge in [-0.05, 0) is 39.0 Å². The first kappa shape index (κ1) is 35.4. The number of halogens is 1. The first-order valence-electron chi connectivity index (χ1n) is 10.2. The van der Waals surface area contributed by atoms with Crippen molar-refractivity contribution in [1.82, 2.24) is 9.80 Å². The second kappa shape index (κ2) is 20.4. The van der Waals surface area contributed by atoms with E-state index in [0.29, 0.717) is 18.7 Å². The molecule has 0 radical (unpaired) electrons. The van der Waals surface area contributed by atoms with Gasteiger partial charge in [-0.1, -0.05) is 39.8 Å². The number of aliphatic carboxylic acids is 1. The normalized spacial score (nSPS) is 21.5. The molecule has 0 aromatic heterocycles. The summed E-state index contributed by atoms with van der Waals surface area (Å²) in [4.78, 5) is 26.8. The molecule has 0 aliphatic carbocycles. The van der Waals surface area contributed by atoms with Crippen LogP contribution in [0, 0.1) is 13.0 Å². The Morgan fingerprint density at radius 1 is 1.42 bits per heavy atom. The molecule has 0 amide bonds. The van der Waals surface area contributed by atoms with Crippen LogP contribution >= 0.6 is 0 Å². The summed E-state index contributed by atoms with van der Waals surface area (Å²) < 4.78 is 19.4. The van der Waals surface area contributed by atoms with Crippen LogP contribution in [0.15, 0.2) is 29.6 Å². The fourth-order valence-electron chi connectivity index (χ4n) is 2.13.